The van der Waals surface area contributed by atoms with E-state index >= 15 is 0 Å². The molecule has 1 aromatic heterocycles. The Kier molecular flexibility index (Phi) is 8.84. The summed E-state index contributed by atoms with van der Waals surface area (Å²) in [7, 11) is 0. The van der Waals surface area contributed by atoms with E-state index in [0.29, 0.717) is 11.1 Å². The van der Waals surface area contributed by atoms with E-state index < -0.39 is 35.5 Å². The summed E-state index contributed by atoms with van der Waals surface area (Å²) in [6.07, 6.45) is -6.07. The lowest BCUT2D eigenvalue weighted by molar-refractivity contribution is -0.151. The molecule has 0 unspecified atom stereocenters. The molecule has 10 nitrogen and oxygen atoms in total. The lowest BCUT2D eigenvalue weighted by atomic mass is 10.0. The Hall–Kier alpha value is -3.94. The molecule has 39 heavy (non-hydrogen) atoms. The minimum absolute atomic E-state index is 0.0114. The minimum atomic E-state index is -4.60. The number of hydrogen-bond donors (Lipinski definition) is 2. The van der Waals surface area contributed by atoms with E-state index in [9.17, 15) is 27.6 Å². The van der Waals surface area contributed by atoms with Crippen molar-refractivity contribution in [2.75, 3.05) is 51.1 Å². The van der Waals surface area contributed by atoms with Crippen molar-refractivity contribution in [1.29, 1.82) is 0 Å². The molecule has 2 N–H and O–H groups in total. The van der Waals surface area contributed by atoms with Crippen molar-refractivity contribution >= 4 is 28.5 Å². The van der Waals surface area contributed by atoms with Gasteiger partial charge in [-0.25, -0.2) is 9.59 Å². The first-order valence-electron chi connectivity index (χ1n) is 11.9. The second kappa shape index (κ2) is 12.3. The molecule has 3 aromatic rings. The maximum Gasteiger partial charge on any atom is 0.417 e. The standard InChI is InChI=1S/C26H25F3N2O8/c27-26(28,29)21-4-2-1-3-19(21)22-11-16-5-6-17(12-20(16)24(34)30-22)31-13-18(39-25(31)35)14-38-23(33)15-37-10-9-36-8-7-32/h1-6,11-12,18,32H,7-10,13-15H2,(H,30,34)/t18-/m0/s1. The van der Waals surface area contributed by atoms with Crippen LogP contribution in [0.15, 0.2) is 53.3 Å². The lowest BCUT2D eigenvalue weighted by Crippen LogP contribution is -2.27. The Labute approximate surface area is 219 Å². The minimum Gasteiger partial charge on any atom is -0.460 e. The van der Waals surface area contributed by atoms with Crippen LogP contribution in [0.3, 0.4) is 0 Å². The van der Waals surface area contributed by atoms with Crippen molar-refractivity contribution in [3.05, 3.63) is 64.4 Å². The summed E-state index contributed by atoms with van der Waals surface area (Å²) < 4.78 is 60.8. The van der Waals surface area contributed by atoms with Gasteiger partial charge in [-0.2, -0.15) is 13.2 Å². The average Bonchev–Trinajstić information content (AvgIpc) is 3.29. The fourth-order valence-corrected chi connectivity index (χ4v) is 4.01. The predicted molar refractivity (Wildman–Crippen MR) is 132 cm³/mol. The van der Waals surface area contributed by atoms with Crippen molar-refractivity contribution in [2.24, 2.45) is 0 Å². The number of carbonyl (C=O) groups is 2. The highest BCUT2D eigenvalue weighted by Crippen LogP contribution is 2.36. The van der Waals surface area contributed by atoms with Gasteiger partial charge in [-0.1, -0.05) is 24.3 Å². The smallest absolute Gasteiger partial charge is 0.417 e. The number of alkyl halides is 3. The molecule has 1 saturated heterocycles. The van der Waals surface area contributed by atoms with Gasteiger partial charge >= 0.3 is 18.2 Å². The van der Waals surface area contributed by atoms with Gasteiger partial charge < -0.3 is 29.0 Å². The maximum atomic E-state index is 13.5. The summed E-state index contributed by atoms with van der Waals surface area (Å²) in [5.41, 5.74) is -1.31. The Bertz CT molecular complexity index is 1390. The first kappa shape index (κ1) is 28.1. The number of fused-ring (bicyclic) bond motifs is 1. The number of H-pyrrole nitrogens is 1. The number of nitrogens with one attached hydrogen (secondary N) is 1. The van der Waals surface area contributed by atoms with Crippen molar-refractivity contribution in [3.63, 3.8) is 0 Å². The van der Waals surface area contributed by atoms with Gasteiger partial charge in [0.1, 0.15) is 13.2 Å². The van der Waals surface area contributed by atoms with Gasteiger partial charge in [-0.05, 0) is 29.7 Å². The normalized spacial score (nSPS) is 15.5. The molecule has 0 radical (unpaired) electrons. The van der Waals surface area contributed by atoms with E-state index in [1.54, 1.807) is 6.07 Å². The predicted octanol–water partition coefficient (Wildman–Crippen LogP) is 3.11. The number of carbonyl (C=O) groups excluding carboxylic acids is 2. The molecule has 1 aliphatic rings. The van der Waals surface area contributed by atoms with Crippen LogP contribution in [0.25, 0.3) is 22.0 Å². The monoisotopic (exact) mass is 550 g/mol. The summed E-state index contributed by atoms with van der Waals surface area (Å²) in [6, 6.07) is 10.9. The highest BCUT2D eigenvalue weighted by Gasteiger charge is 2.35. The van der Waals surface area contributed by atoms with Crippen LogP contribution in [0.5, 0.6) is 0 Å². The van der Waals surface area contributed by atoms with E-state index in [4.69, 9.17) is 24.1 Å². The molecule has 1 fully saturated rings. The zero-order chi connectivity index (χ0) is 28.0. The number of aromatic amines is 1. The summed E-state index contributed by atoms with van der Waals surface area (Å²) in [4.78, 5) is 40.9. The van der Waals surface area contributed by atoms with E-state index in [2.05, 4.69) is 4.98 Å². The third kappa shape index (κ3) is 6.93. The Balaban J connectivity index is 1.41. The zero-order valence-corrected chi connectivity index (χ0v) is 20.5. The Morgan fingerprint density at radius 1 is 1.08 bits per heavy atom. The van der Waals surface area contributed by atoms with Gasteiger partial charge in [0.2, 0.25) is 0 Å². The molecule has 2 aromatic carbocycles. The highest BCUT2D eigenvalue weighted by molar-refractivity contribution is 5.94. The van der Waals surface area contributed by atoms with E-state index in [1.807, 2.05) is 0 Å². The molecule has 13 heteroatoms. The second-order valence-electron chi connectivity index (χ2n) is 8.51. The van der Waals surface area contributed by atoms with E-state index in [1.165, 1.54) is 41.3 Å². The molecule has 0 saturated carbocycles. The van der Waals surface area contributed by atoms with Crippen molar-refractivity contribution in [2.45, 2.75) is 12.3 Å². The second-order valence-corrected chi connectivity index (χ2v) is 8.51. The number of nitrogens with zero attached hydrogens (tertiary/aromatic N) is 1. The molecule has 1 atom stereocenters. The number of anilines is 1. The number of rotatable bonds is 11. The van der Waals surface area contributed by atoms with Crippen LogP contribution in [0.4, 0.5) is 23.7 Å². The number of pyridine rings is 1. The third-order valence-electron chi connectivity index (χ3n) is 5.80. The van der Waals surface area contributed by atoms with Gasteiger partial charge in [0, 0.05) is 22.3 Å². The molecule has 0 spiro atoms. The van der Waals surface area contributed by atoms with Gasteiger partial charge in [-0.3, -0.25) is 9.69 Å². The molecular weight excluding hydrogens is 525 g/mol. The molecule has 0 aliphatic carbocycles. The summed E-state index contributed by atoms with van der Waals surface area (Å²) in [5, 5.41) is 9.16. The summed E-state index contributed by atoms with van der Waals surface area (Å²) in [5.74, 6) is -0.660. The van der Waals surface area contributed by atoms with Crippen molar-refractivity contribution in [3.8, 4) is 11.3 Å². The number of aromatic nitrogens is 1. The number of halogens is 3. The number of benzene rings is 2. The number of aliphatic hydroxyl groups excluding tert-OH is 1. The lowest BCUT2D eigenvalue weighted by Gasteiger charge is -2.15. The number of aliphatic hydroxyl groups is 1. The maximum absolute atomic E-state index is 13.5. The fraction of sp³-hybridized carbons (Fsp3) is 0.346. The van der Waals surface area contributed by atoms with Crippen LogP contribution in [0.1, 0.15) is 5.56 Å². The van der Waals surface area contributed by atoms with Crippen LogP contribution < -0.4 is 10.5 Å². The third-order valence-corrected chi connectivity index (χ3v) is 5.80. The summed E-state index contributed by atoms with van der Waals surface area (Å²) >= 11 is 0. The van der Waals surface area contributed by atoms with Crippen LogP contribution in [0.2, 0.25) is 0 Å². The quantitative estimate of drug-likeness (QED) is 0.276. The van der Waals surface area contributed by atoms with Gasteiger partial charge in [-0.15, -0.1) is 0 Å². The number of amides is 1. The van der Waals surface area contributed by atoms with Crippen LogP contribution >= 0.6 is 0 Å². The van der Waals surface area contributed by atoms with Gasteiger partial charge in [0.25, 0.3) is 5.56 Å². The topological polar surface area (TPSA) is 127 Å². The van der Waals surface area contributed by atoms with Crippen LogP contribution in [-0.4, -0.2) is 74.4 Å². The van der Waals surface area contributed by atoms with Crippen LogP contribution in [0, 0.1) is 0 Å². The highest BCUT2D eigenvalue weighted by atomic mass is 19.4. The largest absolute Gasteiger partial charge is 0.460 e. The first-order chi connectivity index (χ1) is 18.7. The molecular formula is C26H25F3N2O8. The first-order valence-corrected chi connectivity index (χ1v) is 11.9. The summed E-state index contributed by atoms with van der Waals surface area (Å²) in [6.45, 7) is -0.0884. The van der Waals surface area contributed by atoms with Crippen LogP contribution in [-0.2, 0) is 29.9 Å². The molecule has 2 heterocycles. The number of esters is 1. The molecule has 1 amide bonds. The number of ether oxygens (including phenoxy) is 4. The van der Waals surface area contributed by atoms with E-state index in [0.717, 1.165) is 6.07 Å². The van der Waals surface area contributed by atoms with Crippen molar-refractivity contribution in [1.82, 2.24) is 4.98 Å². The molecule has 4 rings (SSSR count). The SMILES string of the molecule is O=C(COCCOCCO)OC[C@@H]1CN(c2ccc3cc(-c4ccccc4C(F)(F)F)[nH]c(=O)c3c2)C(=O)O1. The molecule has 0 bridgehead atoms. The molecule has 1 aliphatic heterocycles. The zero-order valence-electron chi connectivity index (χ0n) is 20.5. The average molecular weight is 550 g/mol. The van der Waals surface area contributed by atoms with E-state index in [-0.39, 0.29) is 62.8 Å². The van der Waals surface area contributed by atoms with Gasteiger partial charge in [0.05, 0.1) is 38.5 Å². The Morgan fingerprint density at radius 2 is 1.85 bits per heavy atom. The fourth-order valence-electron chi connectivity index (χ4n) is 4.01. The Morgan fingerprint density at radius 3 is 2.62 bits per heavy atom. The number of cyclic esters (lactones) is 1. The molecule has 208 valence electrons. The van der Waals surface area contributed by atoms with Gasteiger partial charge in [0.15, 0.2) is 6.10 Å². The number of hydrogen-bond acceptors (Lipinski definition) is 8. The van der Waals surface area contributed by atoms with Crippen molar-refractivity contribution < 1.29 is 46.8 Å².